The van der Waals surface area contributed by atoms with Gasteiger partial charge in [0.05, 0.1) is 0 Å². The second-order valence-electron chi connectivity index (χ2n) is 19.3. The van der Waals surface area contributed by atoms with E-state index in [-0.39, 0.29) is 27.1 Å². The Kier molecular flexibility index (Phi) is 7.21. The summed E-state index contributed by atoms with van der Waals surface area (Å²) in [5, 5.41) is 0. The van der Waals surface area contributed by atoms with E-state index in [1.165, 1.54) is 51.4 Å². The summed E-state index contributed by atoms with van der Waals surface area (Å²) in [6.07, 6.45) is 22.1. The van der Waals surface area contributed by atoms with Gasteiger partial charge < -0.3 is 0 Å². The number of allylic oxidation sites excluding steroid dienone is 8. The van der Waals surface area contributed by atoms with Crippen LogP contribution in [-0.2, 0) is 5.41 Å². The molecule has 0 heteroatoms. The fourth-order valence-corrected chi connectivity index (χ4v) is 12.1. The van der Waals surface area contributed by atoms with Gasteiger partial charge in [-0.1, -0.05) is 153 Å². The minimum atomic E-state index is -0.0329. The van der Waals surface area contributed by atoms with Crippen molar-refractivity contribution in [2.45, 2.75) is 112 Å². The molecule has 6 aliphatic carbocycles. The molecule has 47 heavy (non-hydrogen) atoms. The number of hydrogen-bond acceptors (Lipinski definition) is 0. The van der Waals surface area contributed by atoms with E-state index in [1.807, 2.05) is 0 Å². The lowest BCUT2D eigenvalue weighted by Crippen LogP contribution is -2.48. The first-order chi connectivity index (χ1) is 22.3. The molecule has 8 rings (SSSR count). The molecule has 0 saturated heterocycles. The van der Waals surface area contributed by atoms with Crippen molar-refractivity contribution in [3.8, 4) is 0 Å². The van der Waals surface area contributed by atoms with Gasteiger partial charge in [0.2, 0.25) is 0 Å². The van der Waals surface area contributed by atoms with Gasteiger partial charge >= 0.3 is 0 Å². The van der Waals surface area contributed by atoms with Gasteiger partial charge in [-0.2, -0.15) is 0 Å². The minimum absolute atomic E-state index is 0.0329. The molecule has 4 atom stereocenters. The normalized spacial score (nSPS) is 33.3. The van der Waals surface area contributed by atoms with Gasteiger partial charge in [0, 0.05) is 5.41 Å². The second kappa shape index (κ2) is 10.7. The third-order valence-corrected chi connectivity index (χ3v) is 14.9. The third-order valence-electron chi connectivity index (χ3n) is 14.9. The Bertz CT molecular complexity index is 1530. The predicted molar refractivity (Wildman–Crippen MR) is 199 cm³/mol. The molecule has 2 aromatic carbocycles. The highest BCUT2D eigenvalue weighted by Crippen LogP contribution is 2.69. The van der Waals surface area contributed by atoms with Gasteiger partial charge in [-0.3, -0.25) is 0 Å². The number of benzene rings is 2. The molecule has 0 aliphatic heterocycles. The van der Waals surface area contributed by atoms with Crippen LogP contribution in [0.5, 0.6) is 0 Å². The summed E-state index contributed by atoms with van der Waals surface area (Å²) in [6.45, 7) is 20.3. The number of hydrogen-bond donors (Lipinski definition) is 0. The molecule has 0 spiro atoms. The smallest absolute Gasteiger partial charge is 0.0270 e. The van der Waals surface area contributed by atoms with E-state index in [9.17, 15) is 0 Å². The molecule has 0 heterocycles. The van der Waals surface area contributed by atoms with Crippen LogP contribution in [0.3, 0.4) is 0 Å². The summed E-state index contributed by atoms with van der Waals surface area (Å²) in [5.74, 6) is 3.25. The highest BCUT2D eigenvalue weighted by atomic mass is 14.7. The highest BCUT2D eigenvalue weighted by Gasteiger charge is 2.62. The molecule has 0 amide bonds. The molecular formula is C47H60. The first-order valence-electron chi connectivity index (χ1n) is 19.3. The molecule has 4 saturated carbocycles. The SMILES string of the molecule is CC1(C)CCC(C)(C)C2=CC3C(C=C21)C1C=C2C(=CC1C3C(c1ccccc1)(c1ccccc1)C1CCCC1)C(C)(C)CCC2(C)C. The van der Waals surface area contributed by atoms with Gasteiger partial charge in [-0.25, -0.2) is 0 Å². The molecule has 0 N–H and O–H groups in total. The van der Waals surface area contributed by atoms with Crippen molar-refractivity contribution in [3.63, 3.8) is 0 Å². The van der Waals surface area contributed by atoms with Crippen LogP contribution in [0.25, 0.3) is 0 Å². The van der Waals surface area contributed by atoms with Crippen LogP contribution < -0.4 is 0 Å². The molecule has 0 radical (unpaired) electrons. The van der Waals surface area contributed by atoms with E-state index in [2.05, 4.69) is 140 Å². The van der Waals surface area contributed by atoms with Gasteiger partial charge in [-0.05, 0) is 129 Å². The lowest BCUT2D eigenvalue weighted by Gasteiger charge is -2.52. The average molecular weight is 625 g/mol. The van der Waals surface area contributed by atoms with Crippen molar-refractivity contribution in [3.05, 3.63) is 118 Å². The maximum absolute atomic E-state index is 2.91. The van der Waals surface area contributed by atoms with Crippen LogP contribution in [0.1, 0.15) is 118 Å². The van der Waals surface area contributed by atoms with Gasteiger partial charge in [0.1, 0.15) is 0 Å². The molecule has 248 valence electrons. The maximum Gasteiger partial charge on any atom is 0.0270 e. The highest BCUT2D eigenvalue weighted by molar-refractivity contribution is 5.54. The summed E-state index contributed by atoms with van der Waals surface area (Å²) in [6, 6.07) is 23.9. The maximum atomic E-state index is 2.91. The Morgan fingerprint density at radius 2 is 0.766 bits per heavy atom. The zero-order valence-electron chi connectivity index (χ0n) is 30.7. The van der Waals surface area contributed by atoms with Crippen LogP contribution in [0, 0.1) is 57.2 Å². The van der Waals surface area contributed by atoms with Crippen molar-refractivity contribution in [2.24, 2.45) is 57.2 Å². The summed E-state index contributed by atoms with van der Waals surface area (Å²) in [7, 11) is 0. The molecule has 6 aliphatic rings. The standard InChI is InChI=1S/C47H60/c1-43(2)23-25-45(5,6)40-29-36-34(27-38(40)43)35-28-39-41(46(7,8)26-24-44(39,3)4)30-37(35)42(36)47(33-21-15-16-22-33,31-17-11-9-12-18-31)32-19-13-10-14-20-32/h9-14,17-20,27-30,33-37,42H,15-16,21-26H2,1-8H3. The summed E-state index contributed by atoms with van der Waals surface area (Å²) in [4.78, 5) is 0. The van der Waals surface area contributed by atoms with Crippen molar-refractivity contribution >= 4 is 0 Å². The van der Waals surface area contributed by atoms with Crippen molar-refractivity contribution in [1.29, 1.82) is 0 Å². The Morgan fingerprint density at radius 1 is 0.447 bits per heavy atom. The van der Waals surface area contributed by atoms with E-state index in [4.69, 9.17) is 0 Å². The Morgan fingerprint density at radius 3 is 1.11 bits per heavy atom. The Hall–Kier alpha value is -2.60. The first kappa shape index (κ1) is 31.7. The van der Waals surface area contributed by atoms with Gasteiger partial charge in [0.15, 0.2) is 0 Å². The van der Waals surface area contributed by atoms with E-state index in [0.717, 1.165) is 0 Å². The predicted octanol–water partition coefficient (Wildman–Crippen LogP) is 12.7. The number of rotatable bonds is 4. The summed E-state index contributed by atoms with van der Waals surface area (Å²) >= 11 is 0. The molecule has 4 unspecified atom stereocenters. The zero-order chi connectivity index (χ0) is 33.0. The third kappa shape index (κ3) is 4.66. The van der Waals surface area contributed by atoms with Crippen molar-refractivity contribution < 1.29 is 0 Å². The van der Waals surface area contributed by atoms with Gasteiger partial charge in [0.25, 0.3) is 0 Å². The Balaban J connectivity index is 1.44. The molecule has 0 nitrogen and oxygen atoms in total. The molecule has 4 fully saturated rings. The minimum Gasteiger partial charge on any atom is -0.0764 e. The number of fused-ring (bicyclic) bond motifs is 5. The van der Waals surface area contributed by atoms with Crippen LogP contribution in [0.2, 0.25) is 0 Å². The monoisotopic (exact) mass is 624 g/mol. The van der Waals surface area contributed by atoms with E-state index in [1.54, 1.807) is 33.4 Å². The van der Waals surface area contributed by atoms with Crippen LogP contribution in [0.4, 0.5) is 0 Å². The van der Waals surface area contributed by atoms with Crippen LogP contribution in [0.15, 0.2) is 107 Å². The lowest BCUT2D eigenvalue weighted by molar-refractivity contribution is 0.152. The first-order valence-corrected chi connectivity index (χ1v) is 19.3. The molecule has 2 aromatic rings. The summed E-state index contributed by atoms with van der Waals surface area (Å²) in [5.41, 5.74) is 10.7. The van der Waals surface area contributed by atoms with Crippen LogP contribution in [-0.4, -0.2) is 0 Å². The fraction of sp³-hybridized carbons (Fsp3) is 0.574. The van der Waals surface area contributed by atoms with Crippen molar-refractivity contribution in [1.82, 2.24) is 0 Å². The van der Waals surface area contributed by atoms with E-state index >= 15 is 0 Å². The largest absolute Gasteiger partial charge is 0.0764 e. The molecular weight excluding hydrogens is 565 g/mol. The average Bonchev–Trinajstić information content (AvgIpc) is 3.70. The van der Waals surface area contributed by atoms with E-state index in [0.29, 0.717) is 35.5 Å². The molecule has 0 aromatic heterocycles. The second-order valence-corrected chi connectivity index (χ2v) is 19.3. The fourth-order valence-electron chi connectivity index (χ4n) is 12.1. The lowest BCUT2D eigenvalue weighted by atomic mass is 9.51. The molecule has 0 bridgehead atoms. The Labute approximate surface area is 286 Å². The zero-order valence-corrected chi connectivity index (χ0v) is 30.7. The van der Waals surface area contributed by atoms with Crippen molar-refractivity contribution in [2.75, 3.05) is 0 Å². The quantitative estimate of drug-likeness (QED) is 0.317. The van der Waals surface area contributed by atoms with Gasteiger partial charge in [-0.15, -0.1) is 0 Å². The summed E-state index contributed by atoms with van der Waals surface area (Å²) < 4.78 is 0. The van der Waals surface area contributed by atoms with E-state index < -0.39 is 0 Å². The van der Waals surface area contributed by atoms with Crippen LogP contribution >= 0.6 is 0 Å². The topological polar surface area (TPSA) is 0 Å².